The maximum atomic E-state index is 10.5. The van der Waals surface area contributed by atoms with Gasteiger partial charge in [-0.05, 0) is 50.6 Å². The number of likely N-dealkylation sites (tertiary alicyclic amines) is 1. The summed E-state index contributed by atoms with van der Waals surface area (Å²) in [4.78, 5) is 2.33. The maximum Gasteiger partial charge on any atom is 0.161 e. The van der Waals surface area contributed by atoms with Gasteiger partial charge in [-0.2, -0.15) is 0 Å². The molecule has 1 heterocycles. The van der Waals surface area contributed by atoms with Crippen molar-refractivity contribution in [2.45, 2.75) is 31.9 Å². The molecule has 19 heavy (non-hydrogen) atoms. The number of rotatable bonds is 5. The highest BCUT2D eigenvalue weighted by Gasteiger charge is 2.25. The lowest BCUT2D eigenvalue weighted by Crippen LogP contribution is -2.35. The van der Waals surface area contributed by atoms with Crippen molar-refractivity contribution in [3.63, 3.8) is 0 Å². The zero-order valence-corrected chi connectivity index (χ0v) is 11.9. The number of hydrogen-bond acceptors (Lipinski definition) is 4. The predicted molar refractivity (Wildman–Crippen MR) is 74.8 cm³/mol. The molecule has 4 nitrogen and oxygen atoms in total. The van der Waals surface area contributed by atoms with Crippen molar-refractivity contribution in [1.29, 1.82) is 0 Å². The molecular weight excluding hydrogens is 242 g/mol. The molecule has 0 aromatic heterocycles. The van der Waals surface area contributed by atoms with Gasteiger partial charge in [-0.15, -0.1) is 0 Å². The number of benzene rings is 1. The van der Waals surface area contributed by atoms with Gasteiger partial charge >= 0.3 is 0 Å². The van der Waals surface area contributed by atoms with Crippen LogP contribution in [-0.4, -0.2) is 43.4 Å². The van der Waals surface area contributed by atoms with Gasteiger partial charge in [-0.3, -0.25) is 4.90 Å². The molecule has 1 saturated heterocycles. The topological polar surface area (TPSA) is 41.9 Å². The average molecular weight is 265 g/mol. The number of ether oxygens (including phenoxy) is 2. The van der Waals surface area contributed by atoms with E-state index in [1.165, 1.54) is 12.8 Å². The number of aliphatic hydroxyl groups excluding tert-OH is 1. The van der Waals surface area contributed by atoms with Crippen LogP contribution in [0.1, 0.15) is 31.4 Å². The van der Waals surface area contributed by atoms with Crippen LogP contribution in [0.25, 0.3) is 0 Å². The van der Waals surface area contributed by atoms with Gasteiger partial charge in [0.2, 0.25) is 0 Å². The molecule has 4 heteroatoms. The SMILES string of the molecule is COc1ccc([C@@H](O)[C@@H](C)N2CCCC2)cc1OC. The van der Waals surface area contributed by atoms with Gasteiger partial charge < -0.3 is 14.6 Å². The number of nitrogens with zero attached hydrogens (tertiary/aromatic N) is 1. The summed E-state index contributed by atoms with van der Waals surface area (Å²) in [5, 5.41) is 10.5. The van der Waals surface area contributed by atoms with Crippen molar-refractivity contribution in [3.8, 4) is 11.5 Å². The Labute approximate surface area is 114 Å². The molecule has 1 fully saturated rings. The second kappa shape index (κ2) is 6.26. The smallest absolute Gasteiger partial charge is 0.161 e. The van der Waals surface area contributed by atoms with E-state index in [-0.39, 0.29) is 6.04 Å². The summed E-state index contributed by atoms with van der Waals surface area (Å²) in [6.07, 6.45) is 1.95. The Bertz CT molecular complexity index is 416. The third-order valence-electron chi connectivity index (χ3n) is 3.92. The maximum absolute atomic E-state index is 10.5. The summed E-state index contributed by atoms with van der Waals surface area (Å²) >= 11 is 0. The highest BCUT2D eigenvalue weighted by Crippen LogP contribution is 2.32. The van der Waals surface area contributed by atoms with Crippen LogP contribution < -0.4 is 9.47 Å². The first kappa shape index (κ1) is 14.2. The van der Waals surface area contributed by atoms with Crippen LogP contribution in [0.3, 0.4) is 0 Å². The minimum absolute atomic E-state index is 0.126. The highest BCUT2D eigenvalue weighted by atomic mass is 16.5. The standard InChI is InChI=1S/C15H23NO3/c1-11(16-8-4-5-9-16)15(17)12-6-7-13(18-2)14(10-12)19-3/h6-7,10-11,15,17H,4-5,8-9H2,1-3H3/t11-,15+/m1/s1. The van der Waals surface area contributed by atoms with Crippen molar-refractivity contribution in [2.24, 2.45) is 0 Å². The zero-order valence-electron chi connectivity index (χ0n) is 11.9. The van der Waals surface area contributed by atoms with Gasteiger partial charge in [0.1, 0.15) is 0 Å². The normalized spacial score (nSPS) is 19.2. The van der Waals surface area contributed by atoms with Gasteiger partial charge in [0.25, 0.3) is 0 Å². The van der Waals surface area contributed by atoms with Crippen molar-refractivity contribution < 1.29 is 14.6 Å². The molecule has 0 unspecified atom stereocenters. The van der Waals surface area contributed by atoms with Gasteiger partial charge in [-0.25, -0.2) is 0 Å². The van der Waals surface area contributed by atoms with Crippen LogP contribution >= 0.6 is 0 Å². The van der Waals surface area contributed by atoms with Gasteiger partial charge in [0.15, 0.2) is 11.5 Å². The van der Waals surface area contributed by atoms with Gasteiger partial charge in [0, 0.05) is 6.04 Å². The first-order valence-electron chi connectivity index (χ1n) is 6.81. The molecule has 0 saturated carbocycles. The van der Waals surface area contributed by atoms with Crippen LogP contribution in [0.5, 0.6) is 11.5 Å². The lowest BCUT2D eigenvalue weighted by atomic mass is 10.0. The first-order valence-corrected chi connectivity index (χ1v) is 6.81. The second-order valence-corrected chi connectivity index (χ2v) is 5.04. The highest BCUT2D eigenvalue weighted by molar-refractivity contribution is 5.43. The van der Waals surface area contributed by atoms with E-state index in [9.17, 15) is 5.11 Å². The third-order valence-corrected chi connectivity index (χ3v) is 3.92. The fraction of sp³-hybridized carbons (Fsp3) is 0.600. The molecule has 0 bridgehead atoms. The van der Waals surface area contributed by atoms with Gasteiger partial charge in [0.05, 0.1) is 20.3 Å². The summed E-state index contributed by atoms with van der Waals surface area (Å²) in [5.74, 6) is 1.35. The molecule has 2 atom stereocenters. The van der Waals surface area contributed by atoms with E-state index in [0.717, 1.165) is 18.7 Å². The van der Waals surface area contributed by atoms with Crippen molar-refractivity contribution in [2.75, 3.05) is 27.3 Å². The molecule has 1 aliphatic rings. The summed E-state index contributed by atoms with van der Waals surface area (Å²) < 4.78 is 10.5. The molecule has 2 rings (SSSR count). The molecule has 1 aromatic rings. The summed E-state index contributed by atoms with van der Waals surface area (Å²) in [7, 11) is 3.22. The fourth-order valence-electron chi connectivity index (χ4n) is 2.66. The molecule has 1 N–H and O–H groups in total. The molecule has 1 aliphatic heterocycles. The summed E-state index contributed by atoms with van der Waals surface area (Å²) in [5.41, 5.74) is 0.872. The molecule has 1 aromatic carbocycles. The lowest BCUT2D eigenvalue weighted by Gasteiger charge is -2.28. The minimum atomic E-state index is -0.502. The Balaban J connectivity index is 2.15. The molecule has 106 valence electrons. The van der Waals surface area contributed by atoms with Crippen LogP contribution in [0.15, 0.2) is 18.2 Å². The number of methoxy groups -OCH3 is 2. The van der Waals surface area contributed by atoms with Crippen LogP contribution in [0.4, 0.5) is 0 Å². The first-order chi connectivity index (χ1) is 9.17. The predicted octanol–water partition coefficient (Wildman–Crippen LogP) is 2.22. The van der Waals surface area contributed by atoms with Crippen molar-refractivity contribution >= 4 is 0 Å². The lowest BCUT2D eigenvalue weighted by molar-refractivity contribution is 0.0713. The van der Waals surface area contributed by atoms with Crippen molar-refractivity contribution in [3.05, 3.63) is 23.8 Å². The van der Waals surface area contributed by atoms with Gasteiger partial charge in [-0.1, -0.05) is 6.07 Å². The van der Waals surface area contributed by atoms with Crippen LogP contribution in [0, 0.1) is 0 Å². The van der Waals surface area contributed by atoms with Crippen LogP contribution in [-0.2, 0) is 0 Å². The Hall–Kier alpha value is -1.26. The zero-order chi connectivity index (χ0) is 13.8. The number of hydrogen-bond donors (Lipinski definition) is 1. The van der Waals surface area contributed by atoms with E-state index in [4.69, 9.17) is 9.47 Å². The quantitative estimate of drug-likeness (QED) is 0.886. The molecular formula is C15H23NO3. The van der Waals surface area contributed by atoms with Crippen molar-refractivity contribution in [1.82, 2.24) is 4.90 Å². The third kappa shape index (κ3) is 3.01. The van der Waals surface area contributed by atoms with E-state index in [1.807, 2.05) is 18.2 Å². The number of aliphatic hydroxyl groups is 1. The summed E-state index contributed by atoms with van der Waals surface area (Å²) in [6, 6.07) is 5.73. The Morgan fingerprint density at radius 3 is 2.32 bits per heavy atom. The molecule has 0 radical (unpaired) electrons. The Morgan fingerprint density at radius 1 is 1.11 bits per heavy atom. The summed E-state index contributed by atoms with van der Waals surface area (Å²) in [6.45, 7) is 4.23. The monoisotopic (exact) mass is 265 g/mol. The second-order valence-electron chi connectivity index (χ2n) is 5.04. The Kier molecular flexibility index (Phi) is 4.66. The van der Waals surface area contributed by atoms with E-state index in [1.54, 1.807) is 14.2 Å². The molecule has 0 spiro atoms. The van der Waals surface area contributed by atoms with Crippen LogP contribution in [0.2, 0.25) is 0 Å². The average Bonchev–Trinajstić information content (AvgIpc) is 2.99. The minimum Gasteiger partial charge on any atom is -0.493 e. The van der Waals surface area contributed by atoms with E-state index < -0.39 is 6.10 Å². The van der Waals surface area contributed by atoms with E-state index >= 15 is 0 Å². The Morgan fingerprint density at radius 2 is 1.74 bits per heavy atom. The van der Waals surface area contributed by atoms with E-state index in [2.05, 4.69) is 11.8 Å². The largest absolute Gasteiger partial charge is 0.493 e. The fourth-order valence-corrected chi connectivity index (χ4v) is 2.66. The molecule has 0 amide bonds. The molecule has 0 aliphatic carbocycles. The van der Waals surface area contributed by atoms with E-state index in [0.29, 0.717) is 11.5 Å².